The Morgan fingerprint density at radius 2 is 1.95 bits per heavy atom. The van der Waals surface area contributed by atoms with E-state index in [-0.39, 0.29) is 11.5 Å². The second kappa shape index (κ2) is 7.27. The van der Waals surface area contributed by atoms with Gasteiger partial charge < -0.3 is 5.11 Å². The summed E-state index contributed by atoms with van der Waals surface area (Å²) >= 11 is 6.74. The highest BCUT2D eigenvalue weighted by atomic mass is 79.9. The molecule has 0 aliphatic carbocycles. The first-order valence-electron chi connectivity index (χ1n) is 6.86. The molecule has 114 valence electrons. The third-order valence-corrected chi connectivity index (χ3v) is 5.54. The zero-order valence-corrected chi connectivity index (χ0v) is 15.7. The minimum atomic E-state index is -0.363. The number of thioether (sulfide) groups is 1. The van der Waals surface area contributed by atoms with E-state index in [1.54, 1.807) is 23.1 Å². The van der Waals surface area contributed by atoms with Gasteiger partial charge in [-0.3, -0.25) is 0 Å². The summed E-state index contributed by atoms with van der Waals surface area (Å²) in [6.45, 7) is 6.48. The highest BCUT2D eigenvalue weighted by Crippen LogP contribution is 2.26. The summed E-state index contributed by atoms with van der Waals surface area (Å²) in [4.78, 5) is 5.80. The molecule has 0 spiro atoms. The fraction of sp³-hybridized carbons (Fsp3) is 0.438. The van der Waals surface area contributed by atoms with Gasteiger partial charge in [-0.2, -0.15) is 0 Å². The molecule has 1 aromatic heterocycles. The standard InChI is InChI=1S/C16H20BrNOS2/c1-16(2,3)14-10-21-15(18-14)8-12(19)9-20-13-6-4-11(17)5-7-13/h4-7,10,12,19H,8-9H2,1-3H3. The molecule has 0 saturated heterocycles. The smallest absolute Gasteiger partial charge is 0.0954 e. The van der Waals surface area contributed by atoms with Crippen LogP contribution in [-0.2, 0) is 11.8 Å². The van der Waals surface area contributed by atoms with E-state index in [1.807, 2.05) is 12.1 Å². The van der Waals surface area contributed by atoms with Gasteiger partial charge in [0, 0.05) is 32.3 Å². The average Bonchev–Trinajstić information content (AvgIpc) is 2.86. The van der Waals surface area contributed by atoms with Gasteiger partial charge in [-0.25, -0.2) is 4.98 Å². The Bertz CT molecular complexity index is 575. The van der Waals surface area contributed by atoms with Gasteiger partial charge in [-0.1, -0.05) is 36.7 Å². The van der Waals surface area contributed by atoms with Gasteiger partial charge in [0.1, 0.15) is 0 Å². The Labute approximate surface area is 143 Å². The molecule has 1 heterocycles. The fourth-order valence-corrected chi connectivity index (χ4v) is 3.92. The molecule has 0 bridgehead atoms. The van der Waals surface area contributed by atoms with Crippen molar-refractivity contribution >= 4 is 39.0 Å². The molecule has 2 rings (SSSR count). The number of aliphatic hydroxyl groups is 1. The summed E-state index contributed by atoms with van der Waals surface area (Å²) in [5, 5.41) is 13.3. The van der Waals surface area contributed by atoms with Gasteiger partial charge in [-0.05, 0) is 24.3 Å². The normalized spacial score (nSPS) is 13.4. The summed E-state index contributed by atoms with van der Waals surface area (Å²) in [6, 6.07) is 8.15. The number of rotatable bonds is 5. The van der Waals surface area contributed by atoms with E-state index >= 15 is 0 Å². The summed E-state index contributed by atoms with van der Waals surface area (Å²) in [6.07, 6.45) is 0.266. The summed E-state index contributed by atoms with van der Waals surface area (Å²) in [5.41, 5.74) is 1.18. The van der Waals surface area contributed by atoms with Crippen LogP contribution in [0.2, 0.25) is 0 Å². The van der Waals surface area contributed by atoms with Crippen molar-refractivity contribution in [2.24, 2.45) is 0 Å². The predicted molar refractivity (Wildman–Crippen MR) is 95.4 cm³/mol. The lowest BCUT2D eigenvalue weighted by Gasteiger charge is -2.14. The van der Waals surface area contributed by atoms with Crippen molar-refractivity contribution < 1.29 is 5.11 Å². The van der Waals surface area contributed by atoms with Gasteiger partial charge >= 0.3 is 0 Å². The van der Waals surface area contributed by atoms with E-state index in [0.29, 0.717) is 12.2 Å². The Kier molecular flexibility index (Phi) is 5.88. The van der Waals surface area contributed by atoms with E-state index in [2.05, 4.69) is 59.2 Å². The van der Waals surface area contributed by atoms with Crippen molar-refractivity contribution in [3.8, 4) is 0 Å². The van der Waals surface area contributed by atoms with Crippen molar-refractivity contribution in [1.29, 1.82) is 0 Å². The topological polar surface area (TPSA) is 33.1 Å². The third-order valence-electron chi connectivity index (χ3n) is 2.99. The lowest BCUT2D eigenvalue weighted by atomic mass is 9.93. The first-order valence-corrected chi connectivity index (χ1v) is 9.52. The SMILES string of the molecule is CC(C)(C)c1csc(CC(O)CSc2ccc(Br)cc2)n1. The third kappa shape index (κ3) is 5.40. The van der Waals surface area contributed by atoms with E-state index in [1.165, 1.54) is 4.90 Å². The highest BCUT2D eigenvalue weighted by Gasteiger charge is 2.18. The van der Waals surface area contributed by atoms with Crippen LogP contribution in [0.25, 0.3) is 0 Å². The number of nitrogens with zero attached hydrogens (tertiary/aromatic N) is 1. The molecule has 0 saturated carbocycles. The van der Waals surface area contributed by atoms with Crippen LogP contribution in [0.5, 0.6) is 0 Å². The van der Waals surface area contributed by atoms with E-state index < -0.39 is 0 Å². The number of halogens is 1. The maximum atomic E-state index is 10.2. The Hall–Kier alpha value is -0.360. The molecular formula is C16H20BrNOS2. The minimum Gasteiger partial charge on any atom is -0.392 e. The van der Waals surface area contributed by atoms with E-state index in [9.17, 15) is 5.11 Å². The first-order chi connectivity index (χ1) is 9.84. The molecule has 0 radical (unpaired) electrons. The predicted octanol–water partition coefficient (Wildman–Crippen LogP) is 4.90. The maximum Gasteiger partial charge on any atom is 0.0954 e. The first kappa shape index (κ1) is 17.0. The molecule has 21 heavy (non-hydrogen) atoms. The van der Waals surface area contributed by atoms with Crippen LogP contribution < -0.4 is 0 Å². The maximum absolute atomic E-state index is 10.2. The van der Waals surface area contributed by atoms with Gasteiger partial charge in [0.25, 0.3) is 0 Å². The lowest BCUT2D eigenvalue weighted by Crippen LogP contribution is -2.15. The number of benzene rings is 1. The highest BCUT2D eigenvalue weighted by molar-refractivity contribution is 9.10. The number of hydrogen-bond donors (Lipinski definition) is 1. The van der Waals surface area contributed by atoms with Gasteiger partial charge in [-0.15, -0.1) is 23.1 Å². The zero-order chi connectivity index (χ0) is 15.5. The molecule has 0 amide bonds. The van der Waals surface area contributed by atoms with Crippen LogP contribution in [0.1, 0.15) is 31.5 Å². The van der Waals surface area contributed by atoms with E-state index in [0.717, 1.165) is 15.2 Å². The number of aromatic nitrogens is 1. The number of hydrogen-bond acceptors (Lipinski definition) is 4. The van der Waals surface area contributed by atoms with Crippen molar-refractivity contribution in [3.05, 3.63) is 44.8 Å². The molecule has 2 nitrogen and oxygen atoms in total. The second-order valence-corrected chi connectivity index (χ2v) is 8.95. The number of thiazole rings is 1. The van der Waals surface area contributed by atoms with Crippen molar-refractivity contribution in [2.75, 3.05) is 5.75 Å². The molecular weight excluding hydrogens is 366 g/mol. The fourth-order valence-electron chi connectivity index (χ4n) is 1.73. The molecule has 1 aromatic carbocycles. The van der Waals surface area contributed by atoms with Crippen molar-refractivity contribution in [1.82, 2.24) is 4.98 Å². The molecule has 5 heteroatoms. The van der Waals surface area contributed by atoms with Crippen LogP contribution in [0.4, 0.5) is 0 Å². The molecule has 0 aliphatic heterocycles. The van der Waals surface area contributed by atoms with Gasteiger partial charge in [0.15, 0.2) is 0 Å². The lowest BCUT2D eigenvalue weighted by molar-refractivity contribution is 0.200. The van der Waals surface area contributed by atoms with Gasteiger partial charge in [0.05, 0.1) is 16.8 Å². The molecule has 0 aliphatic rings. The summed E-state index contributed by atoms with van der Waals surface area (Å²) in [7, 11) is 0. The second-order valence-electron chi connectivity index (χ2n) is 6.00. The van der Waals surface area contributed by atoms with Crippen molar-refractivity contribution in [2.45, 2.75) is 43.6 Å². The molecule has 1 unspecified atom stereocenters. The monoisotopic (exact) mass is 385 g/mol. The Balaban J connectivity index is 1.85. The van der Waals surface area contributed by atoms with E-state index in [4.69, 9.17) is 0 Å². The summed E-state index contributed by atoms with van der Waals surface area (Å²) in [5.74, 6) is 0.687. The van der Waals surface area contributed by atoms with Crippen LogP contribution in [0, 0.1) is 0 Å². The minimum absolute atomic E-state index is 0.0753. The van der Waals surface area contributed by atoms with Gasteiger partial charge in [0.2, 0.25) is 0 Å². The summed E-state index contributed by atoms with van der Waals surface area (Å²) < 4.78 is 1.07. The molecule has 0 fully saturated rings. The molecule has 2 aromatic rings. The average molecular weight is 386 g/mol. The van der Waals surface area contributed by atoms with Crippen LogP contribution in [-0.4, -0.2) is 21.9 Å². The zero-order valence-electron chi connectivity index (χ0n) is 12.5. The Morgan fingerprint density at radius 1 is 1.29 bits per heavy atom. The molecule has 1 N–H and O–H groups in total. The van der Waals surface area contributed by atoms with Crippen LogP contribution in [0.15, 0.2) is 39.0 Å². The Morgan fingerprint density at radius 3 is 2.52 bits per heavy atom. The number of aliphatic hydroxyl groups excluding tert-OH is 1. The molecule has 1 atom stereocenters. The quantitative estimate of drug-likeness (QED) is 0.742. The van der Waals surface area contributed by atoms with Crippen molar-refractivity contribution in [3.63, 3.8) is 0 Å². The van der Waals surface area contributed by atoms with Crippen LogP contribution >= 0.6 is 39.0 Å². The van der Waals surface area contributed by atoms with Crippen LogP contribution in [0.3, 0.4) is 0 Å². The largest absolute Gasteiger partial charge is 0.392 e.